The molecule has 2 atom stereocenters. The summed E-state index contributed by atoms with van der Waals surface area (Å²) in [6.07, 6.45) is 0.858. The maximum Gasteiger partial charge on any atom is 0.328 e. The van der Waals surface area contributed by atoms with Crippen molar-refractivity contribution in [3.8, 4) is 0 Å². The Labute approximate surface area is 190 Å². The van der Waals surface area contributed by atoms with E-state index in [1.165, 1.54) is 0 Å². The summed E-state index contributed by atoms with van der Waals surface area (Å²) < 4.78 is 5.05. The molecule has 0 aliphatic rings. The van der Waals surface area contributed by atoms with Gasteiger partial charge in [-0.15, -0.1) is 0 Å². The van der Waals surface area contributed by atoms with E-state index in [0.717, 1.165) is 11.1 Å². The van der Waals surface area contributed by atoms with Gasteiger partial charge in [-0.1, -0.05) is 81.4 Å². The zero-order chi connectivity index (χ0) is 23.5. The summed E-state index contributed by atoms with van der Waals surface area (Å²) in [5.41, 5.74) is 1.69. The lowest BCUT2D eigenvalue weighted by molar-refractivity contribution is -0.147. The molecule has 172 valence electrons. The number of hydrogen-bond acceptors (Lipinski definition) is 4. The van der Waals surface area contributed by atoms with Crippen molar-refractivity contribution in [3.63, 3.8) is 0 Å². The van der Waals surface area contributed by atoms with Crippen molar-refractivity contribution in [2.45, 2.75) is 58.5 Å². The van der Waals surface area contributed by atoms with E-state index >= 15 is 0 Å². The molecule has 2 rings (SSSR count). The van der Waals surface area contributed by atoms with Crippen molar-refractivity contribution in [3.05, 3.63) is 71.8 Å². The molecule has 0 aliphatic heterocycles. The molecule has 6 nitrogen and oxygen atoms in total. The van der Waals surface area contributed by atoms with E-state index in [0.29, 0.717) is 12.8 Å². The Morgan fingerprint density at radius 2 is 1.28 bits per heavy atom. The molecule has 0 saturated heterocycles. The van der Waals surface area contributed by atoms with Crippen LogP contribution in [0, 0.1) is 5.92 Å². The third-order valence-corrected chi connectivity index (χ3v) is 5.16. The molecule has 2 N–H and O–H groups in total. The predicted octanol–water partition coefficient (Wildman–Crippen LogP) is 3.81. The first kappa shape index (κ1) is 25.1. The first-order valence-electron chi connectivity index (χ1n) is 11.2. The molecule has 0 saturated carbocycles. The van der Waals surface area contributed by atoms with Gasteiger partial charge in [0.05, 0.1) is 12.5 Å². The number of nitrogens with one attached hydrogen (secondary N) is 2. The lowest BCUT2D eigenvalue weighted by Crippen LogP contribution is -2.53. The molecular formula is C26H34N2O4. The van der Waals surface area contributed by atoms with Crippen LogP contribution in [-0.4, -0.2) is 36.5 Å². The van der Waals surface area contributed by atoms with Crippen molar-refractivity contribution in [2.75, 3.05) is 6.61 Å². The Hall–Kier alpha value is -3.15. The Morgan fingerprint density at radius 1 is 0.781 bits per heavy atom. The van der Waals surface area contributed by atoms with Crippen LogP contribution >= 0.6 is 0 Å². The number of esters is 1. The first-order valence-corrected chi connectivity index (χ1v) is 11.2. The summed E-state index contributed by atoms with van der Waals surface area (Å²) in [5, 5.41) is 5.69. The van der Waals surface area contributed by atoms with Crippen LogP contribution in [-0.2, 0) is 19.1 Å². The van der Waals surface area contributed by atoms with Gasteiger partial charge in [0, 0.05) is 0 Å². The van der Waals surface area contributed by atoms with Crippen LogP contribution in [0.4, 0.5) is 0 Å². The van der Waals surface area contributed by atoms with E-state index < -0.39 is 24.0 Å². The maximum atomic E-state index is 13.4. The Balaban J connectivity index is 2.26. The molecule has 0 unspecified atom stereocenters. The minimum atomic E-state index is -0.763. The zero-order valence-corrected chi connectivity index (χ0v) is 19.3. The summed E-state index contributed by atoms with van der Waals surface area (Å²) in [4.78, 5) is 38.6. The van der Waals surface area contributed by atoms with Crippen LogP contribution in [0.1, 0.15) is 57.6 Å². The highest BCUT2D eigenvalue weighted by molar-refractivity contribution is 5.93. The monoisotopic (exact) mass is 438 g/mol. The lowest BCUT2D eigenvalue weighted by atomic mass is 9.90. The average Bonchev–Trinajstić information content (AvgIpc) is 2.78. The Morgan fingerprint density at radius 3 is 1.72 bits per heavy atom. The predicted molar refractivity (Wildman–Crippen MR) is 125 cm³/mol. The minimum absolute atomic E-state index is 0.167. The molecule has 2 aromatic rings. The summed E-state index contributed by atoms with van der Waals surface area (Å²) in [5.74, 6) is -1.49. The van der Waals surface area contributed by atoms with Crippen LogP contribution in [0.2, 0.25) is 0 Å². The van der Waals surface area contributed by atoms with Gasteiger partial charge >= 0.3 is 5.97 Å². The van der Waals surface area contributed by atoms with E-state index in [1.807, 2.05) is 74.5 Å². The molecular weight excluding hydrogens is 404 g/mol. The molecule has 2 amide bonds. The lowest BCUT2D eigenvalue weighted by Gasteiger charge is -2.25. The first-order chi connectivity index (χ1) is 15.4. The fraction of sp³-hybridized carbons (Fsp3) is 0.423. The van der Waals surface area contributed by atoms with Gasteiger partial charge < -0.3 is 15.4 Å². The summed E-state index contributed by atoms with van der Waals surface area (Å²) in [6.45, 7) is 7.75. The molecule has 0 spiro atoms. The second-order valence-corrected chi connectivity index (χ2v) is 8.17. The standard InChI is InChI=1S/C26H34N2O4/c1-5-21(26(31)32-6-2)27-24(29)22(17-18(3)4)28-25(30)23(19-13-9-7-10-14-19)20-15-11-8-12-16-20/h7-16,18,21-23H,5-6,17H2,1-4H3,(H,27,29)(H,28,30)/t21-,22-/m0/s1. The third-order valence-electron chi connectivity index (χ3n) is 5.16. The Bertz CT molecular complexity index is 828. The quantitative estimate of drug-likeness (QED) is 0.523. The number of ether oxygens (including phenoxy) is 1. The second-order valence-electron chi connectivity index (χ2n) is 8.17. The molecule has 32 heavy (non-hydrogen) atoms. The van der Waals surface area contributed by atoms with E-state index in [9.17, 15) is 14.4 Å². The molecule has 0 aromatic heterocycles. The number of benzene rings is 2. The van der Waals surface area contributed by atoms with Crippen molar-refractivity contribution >= 4 is 17.8 Å². The van der Waals surface area contributed by atoms with Crippen molar-refractivity contribution in [1.29, 1.82) is 0 Å². The highest BCUT2D eigenvalue weighted by atomic mass is 16.5. The van der Waals surface area contributed by atoms with Crippen molar-refractivity contribution < 1.29 is 19.1 Å². The molecule has 0 aliphatic carbocycles. The van der Waals surface area contributed by atoms with Crippen LogP contribution in [0.15, 0.2) is 60.7 Å². The van der Waals surface area contributed by atoms with Gasteiger partial charge in [-0.05, 0) is 36.8 Å². The summed E-state index contributed by atoms with van der Waals surface area (Å²) in [6, 6.07) is 17.5. The highest BCUT2D eigenvalue weighted by Crippen LogP contribution is 2.25. The number of carbonyl (C=O) groups is 3. The average molecular weight is 439 g/mol. The molecule has 0 bridgehead atoms. The van der Waals surface area contributed by atoms with E-state index in [1.54, 1.807) is 13.8 Å². The largest absolute Gasteiger partial charge is 0.464 e. The number of amides is 2. The van der Waals surface area contributed by atoms with Crippen LogP contribution < -0.4 is 10.6 Å². The SMILES string of the molecule is CCOC(=O)[C@H](CC)NC(=O)[C@H](CC(C)C)NC(=O)C(c1ccccc1)c1ccccc1. The van der Waals surface area contributed by atoms with Gasteiger partial charge in [-0.2, -0.15) is 0 Å². The van der Waals surface area contributed by atoms with E-state index in [4.69, 9.17) is 4.74 Å². The fourth-order valence-corrected chi connectivity index (χ4v) is 3.59. The second kappa shape index (κ2) is 12.6. The van der Waals surface area contributed by atoms with E-state index in [-0.39, 0.29) is 24.3 Å². The summed E-state index contributed by atoms with van der Waals surface area (Å²) in [7, 11) is 0. The van der Waals surface area contributed by atoms with Crippen LogP contribution in [0.25, 0.3) is 0 Å². The smallest absolute Gasteiger partial charge is 0.328 e. The number of carbonyl (C=O) groups excluding carboxylic acids is 3. The Kier molecular flexibility index (Phi) is 9.92. The molecule has 6 heteroatoms. The topological polar surface area (TPSA) is 84.5 Å². The van der Waals surface area contributed by atoms with E-state index in [2.05, 4.69) is 10.6 Å². The van der Waals surface area contributed by atoms with Gasteiger partial charge in [0.25, 0.3) is 0 Å². The fourth-order valence-electron chi connectivity index (χ4n) is 3.59. The molecule has 0 fully saturated rings. The third kappa shape index (κ3) is 7.22. The maximum absolute atomic E-state index is 13.4. The normalized spacial score (nSPS) is 12.8. The van der Waals surface area contributed by atoms with Crippen LogP contribution in [0.5, 0.6) is 0 Å². The molecule has 0 heterocycles. The molecule has 2 aromatic carbocycles. The van der Waals surface area contributed by atoms with Gasteiger partial charge in [0.2, 0.25) is 11.8 Å². The minimum Gasteiger partial charge on any atom is -0.464 e. The highest BCUT2D eigenvalue weighted by Gasteiger charge is 2.30. The van der Waals surface area contributed by atoms with Crippen LogP contribution in [0.3, 0.4) is 0 Å². The zero-order valence-electron chi connectivity index (χ0n) is 19.3. The molecule has 0 radical (unpaired) electrons. The van der Waals surface area contributed by atoms with Gasteiger partial charge in [0.15, 0.2) is 0 Å². The van der Waals surface area contributed by atoms with Gasteiger partial charge in [-0.3, -0.25) is 9.59 Å². The van der Waals surface area contributed by atoms with Crippen molar-refractivity contribution in [2.24, 2.45) is 5.92 Å². The van der Waals surface area contributed by atoms with Crippen molar-refractivity contribution in [1.82, 2.24) is 10.6 Å². The number of hydrogen-bond donors (Lipinski definition) is 2. The van der Waals surface area contributed by atoms with Gasteiger partial charge in [0.1, 0.15) is 12.1 Å². The summed E-state index contributed by atoms with van der Waals surface area (Å²) >= 11 is 0. The van der Waals surface area contributed by atoms with Gasteiger partial charge in [-0.25, -0.2) is 4.79 Å². The number of rotatable bonds is 11.